The smallest absolute Gasteiger partial charge is 0.411 e. The zero-order valence-corrected chi connectivity index (χ0v) is 17.9. The fourth-order valence-corrected chi connectivity index (χ4v) is 3.36. The van der Waals surface area contributed by atoms with Crippen LogP contribution in [-0.2, 0) is 9.53 Å². The van der Waals surface area contributed by atoms with Crippen LogP contribution in [0.5, 0.6) is 0 Å². The Hall–Kier alpha value is -2.82. The number of nitrogens with zero attached hydrogens (tertiary/aromatic N) is 2. The van der Waals surface area contributed by atoms with E-state index in [2.05, 4.69) is 36.4 Å². The first-order valence-corrected chi connectivity index (χ1v) is 10.0. The van der Waals surface area contributed by atoms with Crippen molar-refractivity contribution in [3.63, 3.8) is 0 Å². The third-order valence-corrected chi connectivity index (χ3v) is 5.04. The fourth-order valence-electron chi connectivity index (χ4n) is 3.36. The Balaban J connectivity index is 1.74. The Morgan fingerprint density at radius 1 is 0.966 bits per heavy atom. The van der Waals surface area contributed by atoms with Crippen LogP contribution >= 0.6 is 0 Å². The largest absolute Gasteiger partial charge is 0.444 e. The number of rotatable bonds is 5. The molecule has 2 aromatic rings. The van der Waals surface area contributed by atoms with E-state index >= 15 is 0 Å². The first kappa shape index (κ1) is 20.9. The van der Waals surface area contributed by atoms with Gasteiger partial charge in [0.1, 0.15) is 12.1 Å². The zero-order chi connectivity index (χ0) is 21.2. The van der Waals surface area contributed by atoms with E-state index in [4.69, 9.17) is 4.74 Å². The van der Waals surface area contributed by atoms with Crippen molar-refractivity contribution in [2.45, 2.75) is 44.8 Å². The zero-order valence-electron chi connectivity index (χ0n) is 17.9. The predicted octanol–water partition coefficient (Wildman–Crippen LogP) is 4.53. The molecule has 1 fully saturated rings. The molecular formula is C24H30N2O3. The maximum absolute atomic E-state index is 12.7. The van der Waals surface area contributed by atoms with Gasteiger partial charge in [-0.05, 0) is 43.9 Å². The van der Waals surface area contributed by atoms with E-state index in [0.29, 0.717) is 0 Å². The molecule has 29 heavy (non-hydrogen) atoms. The first-order valence-electron chi connectivity index (χ1n) is 10.0. The Morgan fingerprint density at radius 3 is 2.10 bits per heavy atom. The van der Waals surface area contributed by atoms with Gasteiger partial charge in [0, 0.05) is 26.1 Å². The Labute approximate surface area is 173 Å². The van der Waals surface area contributed by atoms with E-state index in [0.717, 1.165) is 6.42 Å². The summed E-state index contributed by atoms with van der Waals surface area (Å²) in [5.41, 5.74) is 2.93. The molecule has 2 amide bonds. The lowest BCUT2D eigenvalue weighted by atomic mass is 10.0. The maximum Gasteiger partial charge on any atom is 0.411 e. The summed E-state index contributed by atoms with van der Waals surface area (Å²) in [6, 6.07) is 18.7. The highest BCUT2D eigenvalue weighted by molar-refractivity contribution is 5.82. The first-order chi connectivity index (χ1) is 13.7. The van der Waals surface area contributed by atoms with Crippen LogP contribution in [0.15, 0.2) is 54.6 Å². The molecule has 1 saturated carbocycles. The number of hydrogen-bond donors (Lipinski definition) is 0. The quantitative estimate of drug-likeness (QED) is 0.748. The molecule has 1 aliphatic carbocycles. The average molecular weight is 395 g/mol. The van der Waals surface area contributed by atoms with Crippen molar-refractivity contribution in [2.24, 2.45) is 0 Å². The molecule has 2 atom stereocenters. The van der Waals surface area contributed by atoms with Crippen LogP contribution < -0.4 is 0 Å². The summed E-state index contributed by atoms with van der Waals surface area (Å²) in [6.45, 7) is 5.54. The number of ether oxygens (including phenoxy) is 1. The van der Waals surface area contributed by atoms with Gasteiger partial charge in [-0.3, -0.25) is 9.69 Å². The van der Waals surface area contributed by atoms with E-state index in [9.17, 15) is 9.59 Å². The van der Waals surface area contributed by atoms with Crippen molar-refractivity contribution >= 4 is 12.0 Å². The average Bonchev–Trinajstić information content (AvgIpc) is 3.45. The van der Waals surface area contributed by atoms with Crippen molar-refractivity contribution in [1.82, 2.24) is 9.80 Å². The lowest BCUT2D eigenvalue weighted by molar-refractivity contribution is -0.130. The van der Waals surface area contributed by atoms with Gasteiger partial charge in [-0.2, -0.15) is 0 Å². The lowest BCUT2D eigenvalue weighted by Gasteiger charge is -2.28. The van der Waals surface area contributed by atoms with Gasteiger partial charge < -0.3 is 9.64 Å². The number of carbonyl (C=O) groups is 2. The second kappa shape index (κ2) is 8.27. The molecule has 0 aliphatic heterocycles. The highest BCUT2D eigenvalue weighted by atomic mass is 16.6. The van der Waals surface area contributed by atoms with Crippen LogP contribution in [0, 0.1) is 0 Å². The molecule has 0 saturated heterocycles. The molecule has 5 nitrogen and oxygen atoms in total. The summed E-state index contributed by atoms with van der Waals surface area (Å²) < 4.78 is 5.56. The summed E-state index contributed by atoms with van der Waals surface area (Å²) in [6.07, 6.45) is 0.408. The van der Waals surface area contributed by atoms with E-state index in [1.807, 2.05) is 39.0 Å². The van der Waals surface area contributed by atoms with E-state index in [-0.39, 0.29) is 24.4 Å². The van der Waals surface area contributed by atoms with Gasteiger partial charge in [0.05, 0.1) is 0 Å². The molecule has 0 radical (unpaired) electrons. The van der Waals surface area contributed by atoms with Crippen LogP contribution in [0.25, 0.3) is 11.1 Å². The Kier molecular flexibility index (Phi) is 5.96. The summed E-state index contributed by atoms with van der Waals surface area (Å²) in [4.78, 5) is 28.1. The fraction of sp³-hybridized carbons (Fsp3) is 0.417. The molecule has 154 valence electrons. The van der Waals surface area contributed by atoms with Crippen molar-refractivity contribution < 1.29 is 14.3 Å². The van der Waals surface area contributed by atoms with Crippen LogP contribution in [0.1, 0.15) is 38.7 Å². The third kappa shape index (κ3) is 5.37. The van der Waals surface area contributed by atoms with Crippen molar-refractivity contribution in [1.29, 1.82) is 0 Å². The molecule has 5 heteroatoms. The van der Waals surface area contributed by atoms with Crippen LogP contribution in [0.3, 0.4) is 0 Å². The minimum atomic E-state index is -0.599. The minimum Gasteiger partial charge on any atom is -0.444 e. The van der Waals surface area contributed by atoms with Crippen LogP contribution in [0.4, 0.5) is 4.79 Å². The molecule has 1 unspecified atom stereocenters. The van der Waals surface area contributed by atoms with Gasteiger partial charge >= 0.3 is 6.09 Å². The van der Waals surface area contributed by atoms with Crippen LogP contribution in [-0.4, -0.2) is 54.1 Å². The van der Waals surface area contributed by atoms with Gasteiger partial charge in [-0.25, -0.2) is 4.79 Å². The number of likely N-dealkylation sites (N-methyl/N-ethyl adjacent to an activating group) is 1. The summed E-state index contributed by atoms with van der Waals surface area (Å²) in [7, 11) is 3.39. The summed E-state index contributed by atoms with van der Waals surface area (Å²) in [5.74, 6) is 0.114. The SMILES string of the molecule is CN(C)C(=O)CN(C(=O)OC(C)(C)C)[C@H]1CC1c1ccc(-c2ccccc2)cc1. The van der Waals surface area contributed by atoms with Crippen molar-refractivity contribution in [3.8, 4) is 11.1 Å². The molecule has 0 N–H and O–H groups in total. The van der Waals surface area contributed by atoms with E-state index < -0.39 is 11.7 Å². The number of hydrogen-bond acceptors (Lipinski definition) is 3. The minimum absolute atomic E-state index is 0.0173. The van der Waals surface area contributed by atoms with Gasteiger partial charge in [0.15, 0.2) is 0 Å². The number of benzene rings is 2. The van der Waals surface area contributed by atoms with Crippen molar-refractivity contribution in [2.75, 3.05) is 20.6 Å². The Morgan fingerprint density at radius 2 is 1.55 bits per heavy atom. The summed E-state index contributed by atoms with van der Waals surface area (Å²) in [5, 5.41) is 0. The van der Waals surface area contributed by atoms with Gasteiger partial charge in [-0.15, -0.1) is 0 Å². The second-order valence-electron chi connectivity index (χ2n) is 8.79. The van der Waals surface area contributed by atoms with Gasteiger partial charge in [0.25, 0.3) is 0 Å². The maximum atomic E-state index is 12.7. The predicted molar refractivity (Wildman–Crippen MR) is 115 cm³/mol. The molecular weight excluding hydrogens is 364 g/mol. The summed E-state index contributed by atoms with van der Waals surface area (Å²) >= 11 is 0. The number of carbonyl (C=O) groups excluding carboxylic acids is 2. The third-order valence-electron chi connectivity index (χ3n) is 5.04. The van der Waals surface area contributed by atoms with Crippen molar-refractivity contribution in [3.05, 3.63) is 60.2 Å². The number of amides is 2. The molecule has 0 heterocycles. The second-order valence-corrected chi connectivity index (χ2v) is 8.79. The highest BCUT2D eigenvalue weighted by Crippen LogP contribution is 2.45. The Bertz CT molecular complexity index is 854. The lowest BCUT2D eigenvalue weighted by Crippen LogP contribution is -2.44. The molecule has 0 bridgehead atoms. The topological polar surface area (TPSA) is 49.9 Å². The highest BCUT2D eigenvalue weighted by Gasteiger charge is 2.46. The van der Waals surface area contributed by atoms with Gasteiger partial charge in [-0.1, -0.05) is 54.6 Å². The van der Waals surface area contributed by atoms with E-state index in [1.54, 1.807) is 19.0 Å². The van der Waals surface area contributed by atoms with Gasteiger partial charge in [0.2, 0.25) is 5.91 Å². The normalized spacial score (nSPS) is 18.1. The molecule has 0 aromatic heterocycles. The molecule has 3 rings (SSSR count). The monoisotopic (exact) mass is 394 g/mol. The molecule has 2 aromatic carbocycles. The van der Waals surface area contributed by atoms with E-state index in [1.165, 1.54) is 21.6 Å². The van der Waals surface area contributed by atoms with Crippen LogP contribution in [0.2, 0.25) is 0 Å². The standard InChI is InChI=1S/C24H30N2O3/c1-24(2,3)29-23(28)26(16-22(27)25(4)5)21-15-20(21)19-13-11-18(12-14-19)17-9-7-6-8-10-17/h6-14,20-21H,15-16H2,1-5H3/t20?,21-/m0/s1. The molecule has 1 aliphatic rings. The molecule has 0 spiro atoms.